The molecule has 8 nitrogen and oxygen atoms in total. The predicted octanol–water partition coefficient (Wildman–Crippen LogP) is 3.69. The third-order valence-electron chi connectivity index (χ3n) is 6.67. The highest BCUT2D eigenvalue weighted by Gasteiger charge is 2.38. The standard InChI is InChI=1S/C24H24F4N6O2/c1-14-18(22(35)29-13-24(26,27)28)4-5-20-19(14)12-33(30-20)10-15-8-32(9-15)23(36)34-11-16-7-17(25)3-6-21(16)31(34)2/h3-7,12,15H,8-11,13H2,1-2H3,(H,29,35). The number of benzene rings is 2. The lowest BCUT2D eigenvalue weighted by Gasteiger charge is -2.42. The van der Waals surface area contributed by atoms with Crippen LogP contribution in [-0.4, -0.2) is 64.5 Å². The van der Waals surface area contributed by atoms with Crippen molar-refractivity contribution in [1.82, 2.24) is 25.0 Å². The molecule has 2 aliphatic rings. The fourth-order valence-corrected chi connectivity index (χ4v) is 4.76. The van der Waals surface area contributed by atoms with Gasteiger partial charge in [0.2, 0.25) is 0 Å². The van der Waals surface area contributed by atoms with E-state index in [1.165, 1.54) is 18.2 Å². The van der Waals surface area contributed by atoms with Crippen LogP contribution in [0, 0.1) is 18.7 Å². The average Bonchev–Trinajstić information content (AvgIpc) is 3.34. The Morgan fingerprint density at radius 3 is 2.64 bits per heavy atom. The molecule has 0 radical (unpaired) electrons. The summed E-state index contributed by atoms with van der Waals surface area (Å²) in [6, 6.07) is 7.40. The number of nitrogens with one attached hydrogen (secondary N) is 1. The average molecular weight is 504 g/mol. The van der Waals surface area contributed by atoms with Gasteiger partial charge in [-0.1, -0.05) is 0 Å². The molecule has 12 heteroatoms. The molecule has 0 atom stereocenters. The van der Waals surface area contributed by atoms with E-state index in [1.54, 1.807) is 51.9 Å². The zero-order chi connectivity index (χ0) is 25.8. The summed E-state index contributed by atoms with van der Waals surface area (Å²) < 4.78 is 52.6. The number of hydrogen-bond donors (Lipinski definition) is 1. The second-order valence-electron chi connectivity index (χ2n) is 9.23. The number of likely N-dealkylation sites (tertiary alicyclic amines) is 1. The minimum Gasteiger partial charge on any atom is -0.343 e. The Balaban J connectivity index is 1.20. The van der Waals surface area contributed by atoms with Crippen molar-refractivity contribution in [3.8, 4) is 0 Å². The highest BCUT2D eigenvalue weighted by Crippen LogP contribution is 2.32. The summed E-state index contributed by atoms with van der Waals surface area (Å²) in [6.07, 6.45) is -2.71. The normalized spacial score (nSPS) is 15.9. The molecule has 1 N–H and O–H groups in total. The van der Waals surface area contributed by atoms with E-state index in [0.717, 1.165) is 11.3 Å². The van der Waals surface area contributed by atoms with Crippen molar-refractivity contribution in [3.05, 3.63) is 59.0 Å². The first-order chi connectivity index (χ1) is 17.0. The van der Waals surface area contributed by atoms with Crippen LogP contribution in [0.25, 0.3) is 10.9 Å². The molecule has 0 spiro atoms. The molecule has 1 aromatic heterocycles. The zero-order valence-corrected chi connectivity index (χ0v) is 19.6. The maximum Gasteiger partial charge on any atom is 0.405 e. The van der Waals surface area contributed by atoms with Crippen LogP contribution in [0.4, 0.5) is 28.0 Å². The van der Waals surface area contributed by atoms with E-state index in [-0.39, 0.29) is 23.3 Å². The van der Waals surface area contributed by atoms with Crippen LogP contribution in [0.3, 0.4) is 0 Å². The third-order valence-corrected chi connectivity index (χ3v) is 6.67. The Morgan fingerprint density at radius 1 is 1.17 bits per heavy atom. The molecule has 0 unspecified atom stereocenters. The van der Waals surface area contributed by atoms with Crippen molar-refractivity contribution >= 4 is 28.5 Å². The Labute approximate surface area is 204 Å². The Morgan fingerprint density at radius 2 is 1.92 bits per heavy atom. The van der Waals surface area contributed by atoms with Crippen molar-refractivity contribution < 1.29 is 27.2 Å². The van der Waals surface area contributed by atoms with Gasteiger partial charge in [0.1, 0.15) is 12.4 Å². The van der Waals surface area contributed by atoms with Gasteiger partial charge in [0.25, 0.3) is 5.91 Å². The van der Waals surface area contributed by atoms with Gasteiger partial charge in [-0.3, -0.25) is 14.5 Å². The largest absolute Gasteiger partial charge is 0.405 e. The number of hydrazine groups is 1. The van der Waals surface area contributed by atoms with Crippen LogP contribution in [0.15, 0.2) is 36.5 Å². The maximum absolute atomic E-state index is 13.6. The number of fused-ring (bicyclic) bond motifs is 2. The molecule has 36 heavy (non-hydrogen) atoms. The van der Waals surface area contributed by atoms with Crippen LogP contribution < -0.4 is 10.3 Å². The first kappa shape index (κ1) is 23.9. The van der Waals surface area contributed by atoms with Crippen molar-refractivity contribution in [3.63, 3.8) is 0 Å². The highest BCUT2D eigenvalue weighted by atomic mass is 19.4. The molecular formula is C24H24F4N6O2. The molecular weight excluding hydrogens is 480 g/mol. The summed E-state index contributed by atoms with van der Waals surface area (Å²) in [4.78, 5) is 26.9. The van der Waals surface area contributed by atoms with Crippen molar-refractivity contribution in [1.29, 1.82) is 0 Å². The van der Waals surface area contributed by atoms with E-state index >= 15 is 0 Å². The third kappa shape index (κ3) is 4.42. The van der Waals surface area contributed by atoms with Gasteiger partial charge < -0.3 is 10.2 Å². The second kappa shape index (κ2) is 8.68. The van der Waals surface area contributed by atoms with E-state index in [1.807, 2.05) is 5.32 Å². The molecule has 1 saturated heterocycles. The lowest BCUT2D eigenvalue weighted by atomic mass is 10.0. The van der Waals surface area contributed by atoms with Crippen LogP contribution in [0.5, 0.6) is 0 Å². The fourth-order valence-electron chi connectivity index (χ4n) is 4.76. The number of hydrogen-bond acceptors (Lipinski definition) is 4. The van der Waals surface area contributed by atoms with Crippen LogP contribution in [-0.2, 0) is 13.1 Å². The van der Waals surface area contributed by atoms with Crippen molar-refractivity contribution in [2.45, 2.75) is 26.2 Å². The molecule has 1 fully saturated rings. The number of amides is 3. The van der Waals surface area contributed by atoms with Crippen molar-refractivity contribution in [2.24, 2.45) is 5.92 Å². The quantitative estimate of drug-likeness (QED) is 0.550. The topological polar surface area (TPSA) is 73.7 Å². The number of halogens is 4. The number of rotatable bonds is 4. The van der Waals surface area contributed by atoms with E-state index in [2.05, 4.69) is 5.10 Å². The predicted molar refractivity (Wildman–Crippen MR) is 124 cm³/mol. The van der Waals surface area contributed by atoms with Crippen molar-refractivity contribution in [2.75, 3.05) is 31.7 Å². The fraction of sp³-hybridized carbons (Fsp3) is 0.375. The summed E-state index contributed by atoms with van der Waals surface area (Å²) in [6.45, 7) is 2.22. The molecule has 0 bridgehead atoms. The first-order valence-corrected chi connectivity index (χ1v) is 11.4. The van der Waals surface area contributed by atoms with E-state index in [4.69, 9.17) is 0 Å². The van der Waals surface area contributed by atoms with Gasteiger partial charge in [-0.15, -0.1) is 0 Å². The minimum atomic E-state index is -4.48. The number of anilines is 1. The SMILES string of the molecule is Cc1c(C(=O)NCC(F)(F)F)ccc2nn(CC3CN(C(=O)N4Cc5cc(F)ccc5N4C)C3)cc12. The number of aryl methyl sites for hydroxylation is 1. The lowest BCUT2D eigenvalue weighted by Crippen LogP contribution is -2.57. The number of aromatic nitrogens is 2. The van der Waals surface area contributed by atoms with Crippen LogP contribution in [0.2, 0.25) is 0 Å². The van der Waals surface area contributed by atoms with Gasteiger partial charge in [-0.2, -0.15) is 18.3 Å². The summed E-state index contributed by atoms with van der Waals surface area (Å²) in [5.41, 5.74) is 2.91. The summed E-state index contributed by atoms with van der Waals surface area (Å²) >= 11 is 0. The van der Waals surface area contributed by atoms with Crippen LogP contribution in [0.1, 0.15) is 21.5 Å². The molecule has 3 heterocycles. The van der Waals surface area contributed by atoms with E-state index < -0.39 is 18.6 Å². The number of carbonyl (C=O) groups excluding carboxylic acids is 2. The summed E-state index contributed by atoms with van der Waals surface area (Å²) in [5.74, 6) is -0.952. The number of nitrogens with zero attached hydrogens (tertiary/aromatic N) is 5. The molecule has 0 saturated carbocycles. The number of carbonyl (C=O) groups is 2. The molecule has 2 aliphatic heterocycles. The number of alkyl halides is 3. The molecule has 0 aliphatic carbocycles. The maximum atomic E-state index is 13.6. The van der Waals surface area contributed by atoms with Gasteiger partial charge in [0, 0.05) is 55.3 Å². The smallest absolute Gasteiger partial charge is 0.343 e. The Hall–Kier alpha value is -3.83. The second-order valence-corrected chi connectivity index (χ2v) is 9.23. The minimum absolute atomic E-state index is 0.152. The summed E-state index contributed by atoms with van der Waals surface area (Å²) in [5, 5.41) is 10.4. The monoisotopic (exact) mass is 504 g/mol. The van der Waals surface area contributed by atoms with Gasteiger partial charge in [-0.25, -0.2) is 14.2 Å². The highest BCUT2D eigenvalue weighted by molar-refractivity contribution is 6.00. The molecule has 190 valence electrons. The van der Waals surface area contributed by atoms with Gasteiger partial charge in [-0.05, 0) is 42.8 Å². The van der Waals surface area contributed by atoms with Gasteiger partial charge in [0.15, 0.2) is 0 Å². The zero-order valence-electron chi connectivity index (χ0n) is 19.6. The van der Waals surface area contributed by atoms with Gasteiger partial charge in [0.05, 0.1) is 17.7 Å². The van der Waals surface area contributed by atoms with E-state index in [0.29, 0.717) is 42.6 Å². The first-order valence-electron chi connectivity index (χ1n) is 11.4. The number of urea groups is 1. The lowest BCUT2D eigenvalue weighted by molar-refractivity contribution is -0.123. The Kier molecular flexibility index (Phi) is 5.76. The summed E-state index contributed by atoms with van der Waals surface area (Å²) in [7, 11) is 1.77. The molecule has 2 aromatic carbocycles. The molecule has 3 aromatic rings. The molecule has 3 amide bonds. The van der Waals surface area contributed by atoms with E-state index in [9.17, 15) is 27.2 Å². The molecule has 5 rings (SSSR count). The van der Waals surface area contributed by atoms with Gasteiger partial charge >= 0.3 is 12.2 Å². The Bertz CT molecular complexity index is 1350. The van der Waals surface area contributed by atoms with Crippen LogP contribution >= 0.6 is 0 Å².